The molecule has 0 spiro atoms. The number of hydrogen-bond donors (Lipinski definition) is 0. The maximum absolute atomic E-state index is 11.1. The lowest BCUT2D eigenvalue weighted by atomic mass is 9.99. The Bertz CT molecular complexity index is 3720. The molecule has 0 saturated heterocycles. The quantitative estimate of drug-likeness (QED) is 0.136. The predicted octanol–water partition coefficient (Wildman–Crippen LogP) is 13.2. The van der Waals surface area contributed by atoms with Crippen molar-refractivity contribution in [2.24, 2.45) is 0 Å². The summed E-state index contributed by atoms with van der Waals surface area (Å²) in [5.41, 5.74) is 12.1. The molecule has 73 heavy (non-hydrogen) atoms. The minimum absolute atomic E-state index is 0.380. The van der Waals surface area contributed by atoms with E-state index in [1.165, 1.54) is 0 Å². The largest absolute Gasteiger partial charge is 0.308 e. The van der Waals surface area contributed by atoms with Gasteiger partial charge in [0.05, 0.1) is 51.1 Å². The molecule has 12 nitrogen and oxygen atoms in total. The van der Waals surface area contributed by atoms with Crippen LogP contribution < -0.4 is 0 Å². The molecule has 0 radical (unpaired) electrons. The molecular weight excluding hydrogens is 901 g/mol. The van der Waals surface area contributed by atoms with Crippen molar-refractivity contribution in [3.63, 3.8) is 0 Å². The van der Waals surface area contributed by atoms with Gasteiger partial charge in [-0.05, 0) is 88.4 Å². The topological polar surface area (TPSA) is 158 Å². The van der Waals surface area contributed by atoms with E-state index in [4.69, 9.17) is 39.9 Å². The summed E-state index contributed by atoms with van der Waals surface area (Å²) in [4.78, 5) is 49.6. The van der Waals surface area contributed by atoms with E-state index in [0.29, 0.717) is 69.0 Å². The normalized spacial score (nSPS) is 11.3. The molecule has 12 heteroatoms. The maximum Gasteiger partial charge on any atom is 0.163 e. The molecule has 7 aromatic carbocycles. The van der Waals surface area contributed by atoms with Gasteiger partial charge in [-0.15, -0.1) is 0 Å². The van der Waals surface area contributed by atoms with Crippen LogP contribution in [0.15, 0.2) is 182 Å². The smallest absolute Gasteiger partial charge is 0.163 e. The first-order valence-corrected chi connectivity index (χ1v) is 23.8. The van der Waals surface area contributed by atoms with E-state index in [1.807, 2.05) is 185 Å². The van der Waals surface area contributed by atoms with Gasteiger partial charge in [0.15, 0.2) is 23.3 Å². The van der Waals surface area contributed by atoms with Crippen LogP contribution in [-0.4, -0.2) is 54.4 Å². The van der Waals surface area contributed by atoms with Crippen molar-refractivity contribution in [2.45, 2.75) is 27.7 Å². The molecule has 0 aliphatic rings. The summed E-state index contributed by atoms with van der Waals surface area (Å²) in [6, 6.07) is 63.1. The fourth-order valence-corrected chi connectivity index (χ4v) is 9.48. The molecular formula is C61H42N12. The monoisotopic (exact) mass is 942 g/mol. The molecule has 5 heterocycles. The number of benzene rings is 7. The Hall–Kier alpha value is -9.99. The molecule has 0 bridgehead atoms. The first-order valence-electron chi connectivity index (χ1n) is 23.8. The summed E-state index contributed by atoms with van der Waals surface area (Å²) < 4.78 is 2.22. The van der Waals surface area contributed by atoms with Crippen molar-refractivity contribution in [2.75, 3.05) is 0 Å². The summed E-state index contributed by atoms with van der Waals surface area (Å²) >= 11 is 0. The van der Waals surface area contributed by atoms with Crippen LogP contribution in [0.2, 0.25) is 0 Å². The Labute approximate surface area is 420 Å². The zero-order valence-corrected chi connectivity index (χ0v) is 40.2. The van der Waals surface area contributed by atoms with Gasteiger partial charge in [-0.25, -0.2) is 49.8 Å². The second-order valence-electron chi connectivity index (χ2n) is 17.7. The number of nitriles is 1. The van der Waals surface area contributed by atoms with Crippen molar-refractivity contribution in [1.82, 2.24) is 54.4 Å². The number of nitrogens with zero attached hydrogens (tertiary/aromatic N) is 12. The van der Waals surface area contributed by atoms with E-state index < -0.39 is 0 Å². The van der Waals surface area contributed by atoms with Crippen LogP contribution in [0.5, 0.6) is 0 Å². The van der Waals surface area contributed by atoms with Gasteiger partial charge >= 0.3 is 0 Å². The third-order valence-corrected chi connectivity index (χ3v) is 12.7. The minimum atomic E-state index is 0.380. The third kappa shape index (κ3) is 8.51. The van der Waals surface area contributed by atoms with Crippen molar-refractivity contribution in [3.05, 3.63) is 211 Å². The summed E-state index contributed by atoms with van der Waals surface area (Å²) in [6.07, 6.45) is 0. The van der Waals surface area contributed by atoms with Crippen LogP contribution in [-0.2, 0) is 0 Å². The van der Waals surface area contributed by atoms with Crippen molar-refractivity contribution < 1.29 is 0 Å². The van der Waals surface area contributed by atoms with Crippen LogP contribution in [0, 0.1) is 39.0 Å². The molecule has 12 rings (SSSR count). The van der Waals surface area contributed by atoms with Crippen LogP contribution in [0.1, 0.15) is 28.9 Å². The first-order chi connectivity index (χ1) is 35.7. The number of aryl methyl sites for hydroxylation is 4. The average Bonchev–Trinajstić information content (AvgIpc) is 3.75. The highest BCUT2D eigenvalue weighted by Gasteiger charge is 2.27. The van der Waals surface area contributed by atoms with Gasteiger partial charge in [-0.3, -0.25) is 0 Å². The van der Waals surface area contributed by atoms with Crippen LogP contribution in [0.3, 0.4) is 0 Å². The lowest BCUT2D eigenvalue weighted by Gasteiger charge is -2.20. The average molecular weight is 943 g/mol. The zero-order valence-electron chi connectivity index (χ0n) is 40.2. The van der Waals surface area contributed by atoms with E-state index in [2.05, 4.69) is 44.9 Å². The summed E-state index contributed by atoms with van der Waals surface area (Å²) in [6.45, 7) is 7.49. The molecule has 0 N–H and O–H groups in total. The molecule has 0 fully saturated rings. The fraction of sp³-hybridized carbons (Fsp3) is 0.0656. The minimum Gasteiger partial charge on any atom is -0.308 e. The summed E-state index contributed by atoms with van der Waals surface area (Å²) in [7, 11) is 0. The van der Waals surface area contributed by atoms with Crippen molar-refractivity contribution in [1.29, 1.82) is 5.26 Å². The molecule has 0 saturated carbocycles. The van der Waals surface area contributed by atoms with Crippen molar-refractivity contribution in [3.8, 4) is 102 Å². The third-order valence-electron chi connectivity index (χ3n) is 12.7. The van der Waals surface area contributed by atoms with Gasteiger partial charge < -0.3 is 4.57 Å². The lowest BCUT2D eigenvalue weighted by molar-refractivity contribution is 0.928. The molecule has 0 atom stereocenters. The van der Waals surface area contributed by atoms with Crippen LogP contribution >= 0.6 is 0 Å². The maximum atomic E-state index is 11.1. The molecule has 5 aromatic heterocycles. The summed E-state index contributed by atoms with van der Waals surface area (Å²) in [5.74, 6) is 4.44. The second-order valence-corrected chi connectivity index (χ2v) is 17.7. The molecule has 0 amide bonds. The van der Waals surface area contributed by atoms with E-state index in [-0.39, 0.29) is 0 Å². The Morgan fingerprint density at radius 1 is 0.329 bits per heavy atom. The zero-order chi connectivity index (χ0) is 49.6. The highest BCUT2D eigenvalue weighted by Crippen LogP contribution is 2.44. The highest BCUT2D eigenvalue weighted by atomic mass is 15.0. The second kappa shape index (κ2) is 18.4. The van der Waals surface area contributed by atoms with E-state index in [0.717, 1.165) is 78.0 Å². The van der Waals surface area contributed by atoms with Crippen LogP contribution in [0.4, 0.5) is 0 Å². The van der Waals surface area contributed by atoms with Gasteiger partial charge in [0.1, 0.15) is 23.3 Å². The van der Waals surface area contributed by atoms with E-state index >= 15 is 0 Å². The van der Waals surface area contributed by atoms with Gasteiger partial charge in [-0.1, -0.05) is 121 Å². The molecule has 0 aliphatic carbocycles. The number of hydrogen-bond acceptors (Lipinski definition) is 11. The number of rotatable bonds is 9. The Kier molecular flexibility index (Phi) is 11.1. The lowest BCUT2D eigenvalue weighted by Crippen LogP contribution is -2.07. The first kappa shape index (κ1) is 44.2. The van der Waals surface area contributed by atoms with E-state index in [9.17, 15) is 5.26 Å². The Balaban J connectivity index is 1.24. The Morgan fingerprint density at radius 3 is 0.973 bits per heavy atom. The van der Waals surface area contributed by atoms with Gasteiger partial charge in [-0.2, -0.15) is 5.26 Å². The Morgan fingerprint density at radius 2 is 0.658 bits per heavy atom. The molecule has 0 aliphatic heterocycles. The van der Waals surface area contributed by atoms with Crippen molar-refractivity contribution >= 4 is 21.8 Å². The van der Waals surface area contributed by atoms with Gasteiger partial charge in [0.25, 0.3) is 0 Å². The van der Waals surface area contributed by atoms with Gasteiger partial charge in [0.2, 0.25) is 0 Å². The van der Waals surface area contributed by atoms with Gasteiger partial charge in [0, 0.05) is 55.3 Å². The summed E-state index contributed by atoms with van der Waals surface area (Å²) in [5, 5.41) is 12.9. The number of fused-ring (bicyclic) bond motifs is 3. The molecule has 12 aromatic rings. The van der Waals surface area contributed by atoms with Crippen LogP contribution in [0.25, 0.3) is 118 Å². The standard InChI is InChI=1S/C61H42N12/c1-36-63-37(2)66-58(65-36)45-25-27-55-47(31-45)48-32-46(59-67-38(3)64-39(4)68-59)26-28-56(48)73(55)57-49(60-69-51(41-17-9-5-10-18-41)33-52(70-60)42-19-11-6-12-20-42)29-40(35-62)30-50(57)61-71-53(43-21-13-7-14-22-43)34-54(72-61)44-23-15-8-16-24-44/h5-34H,1-4H3. The molecule has 346 valence electrons. The highest BCUT2D eigenvalue weighted by molar-refractivity contribution is 6.12. The fourth-order valence-electron chi connectivity index (χ4n) is 9.48. The SMILES string of the molecule is Cc1nc(C)nc(-c2ccc3c(c2)c2cc(-c4nc(C)nc(C)n4)ccc2n3-c2c(-c3nc(-c4ccccc4)cc(-c4ccccc4)n3)cc(C#N)cc2-c2nc(-c3ccccc3)cc(-c3ccccc3)n2)n1. The predicted molar refractivity (Wildman–Crippen MR) is 286 cm³/mol. The molecule has 0 unspecified atom stereocenters. The van der Waals surface area contributed by atoms with E-state index in [1.54, 1.807) is 0 Å². The number of aromatic nitrogens is 11.